The Hall–Kier alpha value is -6.00. The average Bonchev–Trinajstić information content (AvgIpc) is 3.10. The Balaban J connectivity index is 1.23. The number of rotatable bonds is 2. The van der Waals surface area contributed by atoms with Crippen molar-refractivity contribution in [1.82, 2.24) is 0 Å². The van der Waals surface area contributed by atoms with E-state index in [0.29, 0.717) is 32.9 Å². The lowest BCUT2D eigenvalue weighted by Gasteiger charge is -2.16. The van der Waals surface area contributed by atoms with Crippen molar-refractivity contribution in [3.63, 3.8) is 0 Å². The highest BCUT2D eigenvalue weighted by Gasteiger charge is 2.19. The van der Waals surface area contributed by atoms with Crippen molar-refractivity contribution in [3.05, 3.63) is 141 Å². The minimum absolute atomic E-state index is 0.177. The Morgan fingerprint density at radius 2 is 1.09 bits per heavy atom. The summed E-state index contributed by atoms with van der Waals surface area (Å²) >= 11 is 0. The second-order valence-corrected chi connectivity index (χ2v) is 12.9. The number of hydrogen-bond donors (Lipinski definition) is 0. The van der Waals surface area contributed by atoms with Crippen LogP contribution in [0.5, 0.6) is 0 Å². The molecule has 0 amide bonds. The van der Waals surface area contributed by atoms with Crippen LogP contribution in [0.15, 0.2) is 134 Å². The highest BCUT2D eigenvalue weighted by Crippen LogP contribution is 2.43. The van der Waals surface area contributed by atoms with Gasteiger partial charge in [-0.1, -0.05) is 92.7 Å². The SMILES string of the molecule is CC(C)c1ccc2oc3ccc4c(=O)c5cc(-c6ccc7c8cccc9cccc(c%10cccc6c%107)c98)ccc5oc4c3c(=O)c2c1. The van der Waals surface area contributed by atoms with E-state index >= 15 is 0 Å². The van der Waals surface area contributed by atoms with Gasteiger partial charge in [0.15, 0.2) is 5.58 Å². The second-order valence-electron chi connectivity index (χ2n) is 12.9. The summed E-state index contributed by atoms with van der Waals surface area (Å²) in [5.74, 6) is 0.256. The van der Waals surface area contributed by atoms with E-state index in [0.717, 1.165) is 22.1 Å². The van der Waals surface area contributed by atoms with E-state index in [4.69, 9.17) is 8.83 Å². The highest BCUT2D eigenvalue weighted by atomic mass is 16.3. The van der Waals surface area contributed by atoms with E-state index in [1.165, 1.54) is 37.7 Å². The van der Waals surface area contributed by atoms with Gasteiger partial charge in [-0.05, 0) is 102 Å². The molecule has 2 heterocycles. The van der Waals surface area contributed by atoms with Gasteiger partial charge >= 0.3 is 0 Å². The maximum atomic E-state index is 14.1. The molecule has 0 saturated carbocycles. The van der Waals surface area contributed by atoms with Crippen LogP contribution in [0, 0.1) is 0 Å². The van der Waals surface area contributed by atoms with Crippen molar-refractivity contribution in [3.8, 4) is 11.1 Å². The Kier molecular flexibility index (Phi) is 5.18. The zero-order valence-corrected chi connectivity index (χ0v) is 25.7. The minimum atomic E-state index is -0.200. The molecule has 0 aliphatic heterocycles. The predicted octanol–water partition coefficient (Wildman–Crippen LogP) is 11.0. The molecule has 10 rings (SSSR count). The first-order valence-electron chi connectivity index (χ1n) is 15.9. The van der Waals surface area contributed by atoms with Gasteiger partial charge in [-0.25, -0.2) is 0 Å². The summed E-state index contributed by atoms with van der Waals surface area (Å²) in [6.07, 6.45) is 0. The number of fused-ring (bicyclic) bond motifs is 7. The monoisotopic (exact) mass is 606 g/mol. The van der Waals surface area contributed by atoms with Gasteiger partial charge in [-0.2, -0.15) is 0 Å². The zero-order valence-electron chi connectivity index (χ0n) is 25.7. The van der Waals surface area contributed by atoms with Crippen LogP contribution in [-0.2, 0) is 0 Å². The third-order valence-corrected chi connectivity index (χ3v) is 10.00. The Bertz CT molecular complexity index is 3040. The van der Waals surface area contributed by atoms with Crippen LogP contribution in [0.4, 0.5) is 0 Å². The molecular weight excluding hydrogens is 580 g/mol. The fraction of sp³-hybridized carbons (Fsp3) is 0.0698. The van der Waals surface area contributed by atoms with E-state index in [1.54, 1.807) is 12.1 Å². The lowest BCUT2D eigenvalue weighted by atomic mass is 9.87. The van der Waals surface area contributed by atoms with Crippen LogP contribution < -0.4 is 10.9 Å². The summed E-state index contributed by atoms with van der Waals surface area (Å²) in [6.45, 7) is 4.17. The third-order valence-electron chi connectivity index (χ3n) is 10.00. The van der Waals surface area contributed by atoms with Gasteiger partial charge in [0.25, 0.3) is 0 Å². The molecule has 0 fully saturated rings. The molecule has 4 heteroatoms. The van der Waals surface area contributed by atoms with Crippen LogP contribution in [0.3, 0.4) is 0 Å². The quantitative estimate of drug-likeness (QED) is 0.145. The summed E-state index contributed by atoms with van der Waals surface area (Å²) in [5.41, 5.74) is 4.24. The smallest absolute Gasteiger partial charge is 0.204 e. The van der Waals surface area contributed by atoms with Crippen LogP contribution in [-0.4, -0.2) is 0 Å². The molecule has 0 atom stereocenters. The van der Waals surface area contributed by atoms with Crippen molar-refractivity contribution in [2.24, 2.45) is 0 Å². The first-order valence-corrected chi connectivity index (χ1v) is 15.9. The maximum absolute atomic E-state index is 14.1. The molecule has 0 unspecified atom stereocenters. The lowest BCUT2D eigenvalue weighted by Crippen LogP contribution is -2.07. The molecule has 0 saturated heterocycles. The molecule has 8 aromatic carbocycles. The van der Waals surface area contributed by atoms with Crippen molar-refractivity contribution in [1.29, 1.82) is 0 Å². The topological polar surface area (TPSA) is 60.4 Å². The summed E-state index contributed by atoms with van der Waals surface area (Å²) < 4.78 is 12.6. The summed E-state index contributed by atoms with van der Waals surface area (Å²) in [5, 5.41) is 11.4. The molecule has 0 radical (unpaired) electrons. The molecule has 222 valence electrons. The fourth-order valence-corrected chi connectivity index (χ4v) is 7.69. The average molecular weight is 607 g/mol. The van der Waals surface area contributed by atoms with Crippen molar-refractivity contribution >= 4 is 87.0 Å². The third kappa shape index (κ3) is 3.53. The van der Waals surface area contributed by atoms with Crippen molar-refractivity contribution in [2.75, 3.05) is 0 Å². The second kappa shape index (κ2) is 9.27. The molecular formula is C43H26O4. The minimum Gasteiger partial charge on any atom is -0.456 e. The molecule has 2 aromatic heterocycles. The maximum Gasteiger partial charge on any atom is 0.204 e. The normalized spacial score (nSPS) is 12.4. The van der Waals surface area contributed by atoms with Gasteiger partial charge in [-0.15, -0.1) is 0 Å². The molecule has 0 N–H and O–H groups in total. The van der Waals surface area contributed by atoms with Crippen LogP contribution >= 0.6 is 0 Å². The Labute approximate surface area is 267 Å². The van der Waals surface area contributed by atoms with E-state index in [9.17, 15) is 9.59 Å². The summed E-state index contributed by atoms with van der Waals surface area (Å²) in [7, 11) is 0. The zero-order chi connectivity index (χ0) is 31.6. The van der Waals surface area contributed by atoms with Gasteiger partial charge in [0.1, 0.15) is 22.1 Å². The largest absolute Gasteiger partial charge is 0.456 e. The van der Waals surface area contributed by atoms with Crippen molar-refractivity contribution in [2.45, 2.75) is 19.8 Å². The lowest BCUT2D eigenvalue weighted by molar-refractivity contribution is 0.649. The first-order chi connectivity index (χ1) is 23.0. The van der Waals surface area contributed by atoms with E-state index in [2.05, 4.69) is 80.6 Å². The van der Waals surface area contributed by atoms with Gasteiger partial charge in [0.2, 0.25) is 10.9 Å². The predicted molar refractivity (Wildman–Crippen MR) is 194 cm³/mol. The Morgan fingerprint density at radius 3 is 1.87 bits per heavy atom. The summed E-state index contributed by atoms with van der Waals surface area (Å²) in [6, 6.07) is 38.7. The molecule has 0 spiro atoms. The van der Waals surface area contributed by atoms with Gasteiger partial charge < -0.3 is 8.83 Å². The van der Waals surface area contributed by atoms with Gasteiger partial charge in [-0.3, -0.25) is 9.59 Å². The molecule has 0 aliphatic rings. The fourth-order valence-electron chi connectivity index (χ4n) is 7.69. The van der Waals surface area contributed by atoms with E-state index in [1.807, 2.05) is 36.4 Å². The molecule has 47 heavy (non-hydrogen) atoms. The van der Waals surface area contributed by atoms with Crippen LogP contribution in [0.25, 0.3) is 98.1 Å². The van der Waals surface area contributed by atoms with Crippen LogP contribution in [0.1, 0.15) is 25.3 Å². The summed E-state index contributed by atoms with van der Waals surface area (Å²) in [4.78, 5) is 28.0. The van der Waals surface area contributed by atoms with Gasteiger partial charge in [0.05, 0.1) is 16.2 Å². The van der Waals surface area contributed by atoms with Crippen LogP contribution in [0.2, 0.25) is 0 Å². The molecule has 4 nitrogen and oxygen atoms in total. The standard InChI is InChI=1S/C43H26O4/c1-22(2)24-12-17-35-34(20-24)42(45)40-37(46-35)19-16-32-41(44)33-21-25(13-18-36(33)47-43(32)40)26-14-15-31-29-9-4-7-23-6-3-8-28(38(23)29)30-11-5-10-27(26)39(30)31/h3-22H,1-2H3. The van der Waals surface area contributed by atoms with E-state index < -0.39 is 0 Å². The first kappa shape index (κ1) is 26.2. The highest BCUT2D eigenvalue weighted by molar-refractivity contribution is 6.34. The molecule has 0 aliphatic carbocycles. The molecule has 10 aromatic rings. The molecule has 0 bridgehead atoms. The van der Waals surface area contributed by atoms with Gasteiger partial charge in [0, 0.05) is 0 Å². The Morgan fingerprint density at radius 1 is 0.468 bits per heavy atom. The number of hydrogen-bond acceptors (Lipinski definition) is 4. The number of benzene rings is 8. The van der Waals surface area contributed by atoms with Crippen molar-refractivity contribution < 1.29 is 8.83 Å². The van der Waals surface area contributed by atoms with E-state index in [-0.39, 0.29) is 27.7 Å².